The van der Waals surface area contributed by atoms with Gasteiger partial charge in [0.05, 0.1) is 12.9 Å². The van der Waals surface area contributed by atoms with Crippen LogP contribution in [0.15, 0.2) is 11.1 Å². The van der Waals surface area contributed by atoms with Crippen molar-refractivity contribution in [3.63, 3.8) is 0 Å². The largest absolute Gasteiger partial charge is 0.466 e. The third-order valence-electron chi connectivity index (χ3n) is 3.20. The predicted octanol–water partition coefficient (Wildman–Crippen LogP) is -4.50. The Hall–Kier alpha value is -1.71. The van der Waals surface area contributed by atoms with Crippen LogP contribution in [-0.4, -0.2) is 98.8 Å². The summed E-state index contributed by atoms with van der Waals surface area (Å²) in [6.45, 7) is -0.527. The zero-order valence-corrected chi connectivity index (χ0v) is 19.4. The highest BCUT2D eigenvalue weighted by atomic mass is 31.2. The summed E-state index contributed by atoms with van der Waals surface area (Å²) >= 11 is 0. The molecule has 1 fully saturated rings. The van der Waals surface area contributed by atoms with E-state index in [4.69, 9.17) is 73.3 Å². The summed E-state index contributed by atoms with van der Waals surface area (Å²) < 4.78 is 47.1. The number of nitrogens with zero attached hydrogens (tertiary/aromatic N) is 3. The molecule has 35 heavy (non-hydrogen) atoms. The van der Waals surface area contributed by atoms with E-state index in [1.54, 1.807) is 0 Å². The fourth-order valence-corrected chi connectivity index (χ4v) is 2.21. The molecule has 25 heteroatoms. The van der Waals surface area contributed by atoms with E-state index in [-0.39, 0.29) is 17.1 Å². The highest BCUT2D eigenvalue weighted by molar-refractivity contribution is 7.45. The van der Waals surface area contributed by atoms with Gasteiger partial charge in [0.2, 0.25) is 5.95 Å². The van der Waals surface area contributed by atoms with Gasteiger partial charge in [0, 0.05) is 0 Å². The van der Waals surface area contributed by atoms with Crippen molar-refractivity contribution in [1.82, 2.24) is 19.5 Å². The summed E-state index contributed by atoms with van der Waals surface area (Å²) in [4.78, 5) is 86.3. The van der Waals surface area contributed by atoms with E-state index < -0.39 is 60.2 Å². The Balaban J connectivity index is 0.000000635. The van der Waals surface area contributed by atoms with Gasteiger partial charge in [0.25, 0.3) is 5.56 Å². The first-order valence-corrected chi connectivity index (χ1v) is 12.9. The number of anilines is 1. The lowest BCUT2D eigenvalue weighted by molar-refractivity contribution is -0.0459. The summed E-state index contributed by atoms with van der Waals surface area (Å²) in [6, 6.07) is 0. The maximum absolute atomic E-state index is 14.0. The Labute approximate surface area is 191 Å². The topological polar surface area (TPSA) is 373 Å². The van der Waals surface area contributed by atoms with Crippen molar-refractivity contribution in [3.05, 3.63) is 16.7 Å². The van der Waals surface area contributed by atoms with E-state index in [1.807, 2.05) is 0 Å². The Bertz CT molecular complexity index is 1080. The van der Waals surface area contributed by atoms with Gasteiger partial charge in [0.15, 0.2) is 23.6 Å². The average molecular weight is 579 g/mol. The number of ether oxygens (including phenoxy) is 1. The lowest BCUT2D eigenvalue weighted by atomic mass is 10.1. The molecule has 4 atom stereocenters. The van der Waals surface area contributed by atoms with Crippen molar-refractivity contribution in [1.29, 1.82) is 0 Å². The number of nitrogens with one attached hydrogen (secondary N) is 1. The molecular weight excluding hydrogens is 558 g/mol. The molecule has 0 saturated carbocycles. The number of alkyl halides is 1. The number of rotatable bonds is 2. The van der Waals surface area contributed by atoms with Crippen molar-refractivity contribution in [2.75, 3.05) is 12.3 Å². The van der Waals surface area contributed by atoms with Crippen molar-refractivity contribution in [2.45, 2.75) is 24.6 Å². The predicted molar refractivity (Wildman–Crippen MR) is 107 cm³/mol. The Morgan fingerprint density at radius 2 is 1.46 bits per heavy atom. The normalized spacial score (nSPS) is 22.3. The van der Waals surface area contributed by atoms with Gasteiger partial charge in [-0.25, -0.2) is 23.1 Å². The Morgan fingerprint density at radius 1 is 1.03 bits per heavy atom. The van der Waals surface area contributed by atoms with Crippen molar-refractivity contribution in [2.24, 2.45) is 0 Å². The van der Waals surface area contributed by atoms with Crippen LogP contribution in [0.1, 0.15) is 6.23 Å². The molecule has 21 nitrogen and oxygen atoms in total. The number of nitrogens with two attached hydrogens (primary N) is 1. The second-order valence-electron chi connectivity index (χ2n) is 6.00. The van der Waals surface area contributed by atoms with E-state index in [0.717, 1.165) is 0 Å². The van der Waals surface area contributed by atoms with Gasteiger partial charge >= 0.3 is 23.5 Å². The number of aromatic nitrogens is 4. The number of hydrogen-bond acceptors (Lipinski definition) is 10. The van der Waals surface area contributed by atoms with Crippen LogP contribution in [0.2, 0.25) is 0 Å². The van der Waals surface area contributed by atoms with E-state index in [1.165, 1.54) is 10.9 Å². The quantitative estimate of drug-likeness (QED) is 0.149. The molecule has 0 amide bonds. The number of aromatic amines is 1. The average Bonchev–Trinajstić information content (AvgIpc) is 3.12. The van der Waals surface area contributed by atoms with E-state index >= 15 is 0 Å². The maximum Gasteiger partial charge on any atom is 0.466 e. The highest BCUT2D eigenvalue weighted by Crippen LogP contribution is 2.33. The minimum Gasteiger partial charge on any atom is -0.394 e. The van der Waals surface area contributed by atoms with E-state index in [0.29, 0.717) is 0 Å². The smallest absolute Gasteiger partial charge is 0.394 e. The SMILES string of the molecule is Nc1nc2c(ncn2[C@@H]2O[C@H](CO)[C@@H](O)[C@@H]2F)c(=O)[nH]1.O=P(O)(O)O.O=P(O)(O)O.O=P(O)(O)O. The second-order valence-corrected chi connectivity index (χ2v) is 9.08. The van der Waals surface area contributed by atoms with Crippen LogP contribution in [0, 0.1) is 0 Å². The minimum atomic E-state index is -4.64. The van der Waals surface area contributed by atoms with Gasteiger partial charge in [-0.05, 0) is 0 Å². The van der Waals surface area contributed by atoms with E-state index in [2.05, 4.69) is 15.0 Å². The molecule has 2 aromatic heterocycles. The number of fused-ring (bicyclic) bond motifs is 1. The maximum atomic E-state index is 14.0. The van der Waals surface area contributed by atoms with Crippen LogP contribution in [0.25, 0.3) is 11.2 Å². The first-order chi connectivity index (χ1) is 15.5. The molecule has 2 aromatic rings. The number of hydrogen-bond donors (Lipinski definition) is 13. The minimum absolute atomic E-state index is 0.0167. The molecular formula is C10H21FN5O16P3. The zero-order valence-electron chi connectivity index (χ0n) is 16.7. The molecule has 3 heterocycles. The fourth-order valence-electron chi connectivity index (χ4n) is 2.21. The lowest BCUT2D eigenvalue weighted by Crippen LogP contribution is -2.30. The molecule has 1 aliphatic heterocycles. The van der Waals surface area contributed by atoms with Crippen molar-refractivity contribution >= 4 is 40.6 Å². The molecule has 0 aliphatic carbocycles. The molecule has 14 N–H and O–H groups in total. The fraction of sp³-hybridized carbons (Fsp3) is 0.500. The number of imidazole rings is 1. The van der Waals surface area contributed by atoms with Gasteiger partial charge in [0.1, 0.15) is 12.2 Å². The number of aliphatic hydroxyl groups is 2. The molecule has 0 spiro atoms. The third kappa shape index (κ3) is 14.4. The molecule has 0 aromatic carbocycles. The number of H-pyrrole nitrogens is 1. The van der Waals surface area contributed by atoms with Crippen LogP contribution in [0.5, 0.6) is 0 Å². The van der Waals surface area contributed by atoms with Crippen LogP contribution in [-0.2, 0) is 18.4 Å². The van der Waals surface area contributed by atoms with Gasteiger partial charge in [-0.2, -0.15) is 4.98 Å². The summed E-state index contributed by atoms with van der Waals surface area (Å²) in [5, 5.41) is 18.6. The zero-order chi connectivity index (χ0) is 27.9. The standard InChI is InChI=1S/C10H12FN5O4.3H3O4P/c11-4-6(18)3(1-17)20-9(4)16-2-13-5-7(16)14-10(12)15-8(5)19;3*1-5(2,3)4/h2-4,6,9,17-18H,1H2,(H3,12,14,15,19);3*(H3,1,2,3,4)/t3-,4+,6-,9-;;;/m1.../s1. The Kier molecular flexibility index (Phi) is 12.4. The molecule has 0 unspecified atom stereocenters. The highest BCUT2D eigenvalue weighted by Gasteiger charge is 2.45. The van der Waals surface area contributed by atoms with Gasteiger partial charge in [-0.3, -0.25) is 14.3 Å². The van der Waals surface area contributed by atoms with Gasteiger partial charge < -0.3 is 64.7 Å². The molecule has 1 saturated heterocycles. The van der Waals surface area contributed by atoms with Crippen LogP contribution in [0.4, 0.5) is 10.3 Å². The first kappa shape index (κ1) is 33.3. The molecule has 0 radical (unpaired) electrons. The molecule has 204 valence electrons. The number of aliphatic hydroxyl groups excluding tert-OH is 2. The third-order valence-corrected chi connectivity index (χ3v) is 3.20. The number of nitrogen functional groups attached to an aromatic ring is 1. The Morgan fingerprint density at radius 3 is 1.83 bits per heavy atom. The summed E-state index contributed by atoms with van der Waals surface area (Å²) in [6.07, 6.45) is -4.36. The van der Waals surface area contributed by atoms with Gasteiger partial charge in [-0.15, -0.1) is 0 Å². The van der Waals surface area contributed by atoms with Crippen LogP contribution < -0.4 is 11.3 Å². The van der Waals surface area contributed by atoms with Crippen molar-refractivity contribution < 1.29 is 77.1 Å². The first-order valence-electron chi connectivity index (χ1n) is 8.18. The van der Waals surface area contributed by atoms with Crippen LogP contribution >= 0.6 is 23.5 Å². The van der Waals surface area contributed by atoms with E-state index in [9.17, 15) is 14.3 Å². The monoisotopic (exact) mass is 579 g/mol. The second kappa shape index (κ2) is 13.0. The molecule has 0 bridgehead atoms. The molecule has 3 rings (SSSR count). The number of halogens is 1. The van der Waals surface area contributed by atoms with Crippen LogP contribution in [0.3, 0.4) is 0 Å². The molecule has 1 aliphatic rings. The van der Waals surface area contributed by atoms with Crippen molar-refractivity contribution in [3.8, 4) is 0 Å². The lowest BCUT2D eigenvalue weighted by Gasteiger charge is -2.14. The summed E-state index contributed by atoms with van der Waals surface area (Å²) in [5.41, 5.74) is 4.91. The summed E-state index contributed by atoms with van der Waals surface area (Å²) in [7, 11) is -13.9. The number of phosphoric acid groups is 3. The summed E-state index contributed by atoms with van der Waals surface area (Å²) in [5.74, 6) is -0.142. The van der Waals surface area contributed by atoms with Gasteiger partial charge in [-0.1, -0.05) is 0 Å².